The molecular formula is C23H24N6O2S. The SMILES string of the molecule is c1cc(SNc2noc3cc(Cn4cccn4)c4c(c23)OCC4)cc(N2CCNCC2)c1. The van der Waals surface area contributed by atoms with Gasteiger partial charge in [-0.15, -0.1) is 0 Å². The molecule has 0 unspecified atom stereocenters. The molecule has 0 spiro atoms. The Bertz CT molecular complexity index is 1230. The first kappa shape index (κ1) is 19.5. The van der Waals surface area contributed by atoms with Crippen LogP contribution >= 0.6 is 11.9 Å². The Labute approximate surface area is 190 Å². The van der Waals surface area contributed by atoms with Crippen molar-refractivity contribution in [3.8, 4) is 5.75 Å². The molecule has 4 heterocycles. The summed E-state index contributed by atoms with van der Waals surface area (Å²) < 4.78 is 17.0. The zero-order valence-electron chi connectivity index (χ0n) is 17.6. The molecule has 164 valence electrons. The summed E-state index contributed by atoms with van der Waals surface area (Å²) >= 11 is 1.54. The van der Waals surface area contributed by atoms with Gasteiger partial charge >= 0.3 is 0 Å². The summed E-state index contributed by atoms with van der Waals surface area (Å²) in [6, 6.07) is 12.6. The largest absolute Gasteiger partial charge is 0.492 e. The Hall–Kier alpha value is -3.17. The van der Waals surface area contributed by atoms with Crippen molar-refractivity contribution in [1.29, 1.82) is 0 Å². The summed E-state index contributed by atoms with van der Waals surface area (Å²) in [7, 11) is 0. The number of benzene rings is 2. The highest BCUT2D eigenvalue weighted by Gasteiger charge is 2.25. The van der Waals surface area contributed by atoms with E-state index < -0.39 is 0 Å². The first-order valence-corrected chi connectivity index (χ1v) is 11.7. The molecule has 0 bridgehead atoms. The lowest BCUT2D eigenvalue weighted by Gasteiger charge is -2.29. The van der Waals surface area contributed by atoms with E-state index in [1.807, 2.05) is 16.9 Å². The average molecular weight is 449 g/mol. The highest BCUT2D eigenvalue weighted by Crippen LogP contribution is 2.42. The lowest BCUT2D eigenvalue weighted by Crippen LogP contribution is -2.43. The molecule has 0 atom stereocenters. The van der Waals surface area contributed by atoms with Crippen molar-refractivity contribution in [3.05, 3.63) is 59.9 Å². The van der Waals surface area contributed by atoms with Crippen molar-refractivity contribution in [1.82, 2.24) is 20.3 Å². The van der Waals surface area contributed by atoms with Crippen molar-refractivity contribution in [2.45, 2.75) is 17.9 Å². The molecule has 0 radical (unpaired) electrons. The van der Waals surface area contributed by atoms with Crippen LogP contribution in [-0.2, 0) is 13.0 Å². The maximum atomic E-state index is 6.03. The van der Waals surface area contributed by atoms with Gasteiger partial charge in [0, 0.05) is 61.1 Å². The van der Waals surface area contributed by atoms with Crippen LogP contribution in [0.3, 0.4) is 0 Å². The number of aromatic nitrogens is 3. The second-order valence-corrected chi connectivity index (χ2v) is 8.87. The lowest BCUT2D eigenvalue weighted by atomic mass is 10.0. The van der Waals surface area contributed by atoms with Gasteiger partial charge in [-0.2, -0.15) is 5.10 Å². The number of piperazine rings is 1. The van der Waals surface area contributed by atoms with Crippen LogP contribution in [0.5, 0.6) is 5.75 Å². The van der Waals surface area contributed by atoms with Crippen molar-refractivity contribution in [2.24, 2.45) is 0 Å². The molecule has 1 fully saturated rings. The van der Waals surface area contributed by atoms with Crippen LogP contribution in [0.2, 0.25) is 0 Å². The number of fused-ring (bicyclic) bond motifs is 3. The highest BCUT2D eigenvalue weighted by atomic mass is 32.2. The van der Waals surface area contributed by atoms with Crippen LogP contribution in [0.1, 0.15) is 11.1 Å². The van der Waals surface area contributed by atoms with Gasteiger partial charge in [0.05, 0.1) is 13.2 Å². The maximum absolute atomic E-state index is 6.03. The van der Waals surface area contributed by atoms with Crippen LogP contribution < -0.4 is 19.7 Å². The predicted molar refractivity (Wildman–Crippen MR) is 126 cm³/mol. The summed E-state index contributed by atoms with van der Waals surface area (Å²) in [5.74, 6) is 1.57. The minimum atomic E-state index is 0.672. The Morgan fingerprint density at radius 3 is 2.97 bits per heavy atom. The number of hydrogen-bond acceptors (Lipinski definition) is 8. The van der Waals surface area contributed by atoms with Crippen LogP contribution in [0.15, 0.2) is 58.2 Å². The number of nitrogens with one attached hydrogen (secondary N) is 2. The monoisotopic (exact) mass is 448 g/mol. The van der Waals surface area contributed by atoms with E-state index in [2.05, 4.69) is 55.5 Å². The minimum Gasteiger partial charge on any atom is -0.492 e. The summed E-state index contributed by atoms with van der Waals surface area (Å²) in [5, 5.41) is 13.0. The highest BCUT2D eigenvalue weighted by molar-refractivity contribution is 8.00. The van der Waals surface area contributed by atoms with Gasteiger partial charge in [0.15, 0.2) is 11.4 Å². The fraction of sp³-hybridized carbons (Fsp3) is 0.304. The topological polar surface area (TPSA) is 80.4 Å². The van der Waals surface area contributed by atoms with Crippen molar-refractivity contribution in [3.63, 3.8) is 0 Å². The van der Waals surface area contributed by atoms with E-state index in [4.69, 9.17) is 9.26 Å². The molecule has 0 saturated carbocycles. The predicted octanol–water partition coefficient (Wildman–Crippen LogP) is 3.54. The Morgan fingerprint density at radius 1 is 1.16 bits per heavy atom. The van der Waals surface area contributed by atoms with Gasteiger partial charge in [0.1, 0.15) is 11.1 Å². The first-order valence-electron chi connectivity index (χ1n) is 10.9. The van der Waals surface area contributed by atoms with E-state index in [-0.39, 0.29) is 0 Å². The third-order valence-corrected chi connectivity index (χ3v) is 6.75. The molecule has 0 aliphatic carbocycles. The van der Waals surface area contributed by atoms with Gasteiger partial charge in [0.2, 0.25) is 0 Å². The van der Waals surface area contributed by atoms with Gasteiger partial charge < -0.3 is 24.2 Å². The normalized spacial score (nSPS) is 15.7. The summed E-state index contributed by atoms with van der Waals surface area (Å²) in [6.07, 6.45) is 4.64. The molecule has 6 rings (SSSR count). The maximum Gasteiger partial charge on any atom is 0.191 e. The summed E-state index contributed by atoms with van der Waals surface area (Å²) in [5.41, 5.74) is 4.35. The molecule has 1 saturated heterocycles. The first-order chi connectivity index (χ1) is 15.8. The number of hydrogen-bond donors (Lipinski definition) is 2. The van der Waals surface area contributed by atoms with E-state index in [0.717, 1.165) is 59.8 Å². The Balaban J connectivity index is 1.25. The minimum absolute atomic E-state index is 0.672. The molecule has 32 heavy (non-hydrogen) atoms. The van der Waals surface area contributed by atoms with Gasteiger partial charge in [-0.05, 0) is 47.8 Å². The van der Waals surface area contributed by atoms with Crippen molar-refractivity contribution in [2.75, 3.05) is 42.4 Å². The second-order valence-electron chi connectivity index (χ2n) is 7.99. The number of ether oxygens (including phenoxy) is 1. The van der Waals surface area contributed by atoms with Crippen molar-refractivity contribution < 1.29 is 9.26 Å². The molecule has 9 heteroatoms. The molecule has 0 amide bonds. The van der Waals surface area contributed by atoms with Crippen LogP contribution in [0, 0.1) is 0 Å². The van der Waals surface area contributed by atoms with E-state index in [1.54, 1.807) is 18.1 Å². The standard InChI is InChI=1S/C23H24N6O2S/c1-3-17(28-10-7-24-8-11-28)14-18(4-1)32-27-23-21-20(31-26-23)13-16(15-29-9-2-6-25-29)19-5-12-30-22(19)21/h1-4,6,9,13-14,24H,5,7-8,10-12,15H2,(H,26,27). The molecular weight excluding hydrogens is 424 g/mol. The van der Waals surface area contributed by atoms with E-state index >= 15 is 0 Å². The number of rotatable bonds is 6. The third kappa shape index (κ3) is 3.67. The number of anilines is 2. The molecule has 4 aromatic rings. The third-order valence-electron chi connectivity index (χ3n) is 5.97. The fourth-order valence-electron chi connectivity index (χ4n) is 4.40. The van der Waals surface area contributed by atoms with Crippen LogP contribution in [0.4, 0.5) is 11.5 Å². The van der Waals surface area contributed by atoms with Crippen LogP contribution in [0.25, 0.3) is 11.0 Å². The summed E-state index contributed by atoms with van der Waals surface area (Å²) in [6.45, 7) is 5.46. The fourth-order valence-corrected chi connectivity index (χ4v) is 5.08. The lowest BCUT2D eigenvalue weighted by molar-refractivity contribution is 0.360. The zero-order valence-corrected chi connectivity index (χ0v) is 18.4. The molecule has 2 N–H and O–H groups in total. The zero-order chi connectivity index (χ0) is 21.3. The Morgan fingerprint density at radius 2 is 2.09 bits per heavy atom. The van der Waals surface area contributed by atoms with Gasteiger partial charge in [-0.3, -0.25) is 4.68 Å². The molecule has 2 aromatic heterocycles. The second kappa shape index (κ2) is 8.40. The average Bonchev–Trinajstić information content (AvgIpc) is 3.59. The van der Waals surface area contributed by atoms with E-state index in [9.17, 15) is 0 Å². The molecule has 2 aliphatic rings. The van der Waals surface area contributed by atoms with E-state index in [0.29, 0.717) is 19.0 Å². The Kier molecular flexibility index (Phi) is 5.12. The van der Waals surface area contributed by atoms with Crippen molar-refractivity contribution >= 4 is 34.4 Å². The smallest absolute Gasteiger partial charge is 0.191 e. The summed E-state index contributed by atoms with van der Waals surface area (Å²) in [4.78, 5) is 3.54. The molecule has 2 aliphatic heterocycles. The van der Waals surface area contributed by atoms with Gasteiger partial charge in [-0.25, -0.2) is 0 Å². The van der Waals surface area contributed by atoms with Gasteiger partial charge in [0.25, 0.3) is 0 Å². The van der Waals surface area contributed by atoms with Crippen LogP contribution in [-0.4, -0.2) is 47.7 Å². The molecule has 2 aromatic carbocycles. The number of nitrogens with zero attached hydrogens (tertiary/aromatic N) is 4. The quantitative estimate of drug-likeness (QED) is 0.434. The molecule has 8 nitrogen and oxygen atoms in total. The van der Waals surface area contributed by atoms with E-state index in [1.165, 1.54) is 11.3 Å². The van der Waals surface area contributed by atoms with Gasteiger partial charge in [-0.1, -0.05) is 11.2 Å².